The molecule has 0 aromatic rings. The molecule has 0 aliphatic heterocycles. The summed E-state index contributed by atoms with van der Waals surface area (Å²) in [6.07, 6.45) is 3.11. The summed E-state index contributed by atoms with van der Waals surface area (Å²) in [5, 5.41) is 9.69. The van der Waals surface area contributed by atoms with Gasteiger partial charge < -0.3 is 5.11 Å². The van der Waals surface area contributed by atoms with Gasteiger partial charge in [-0.2, -0.15) is 0 Å². The minimum atomic E-state index is -0.137. The average molecular weight is 187 g/mol. The van der Waals surface area contributed by atoms with E-state index in [0.717, 1.165) is 25.9 Å². The van der Waals surface area contributed by atoms with Crippen molar-refractivity contribution in [3.63, 3.8) is 0 Å². The summed E-state index contributed by atoms with van der Waals surface area (Å²) >= 11 is 0. The lowest BCUT2D eigenvalue weighted by molar-refractivity contribution is 0.0908. The zero-order valence-electron chi connectivity index (χ0n) is 9.58. The largest absolute Gasteiger partial charge is 0.392 e. The first-order chi connectivity index (χ1) is 6.11. The first kappa shape index (κ1) is 12.9. The van der Waals surface area contributed by atoms with E-state index in [1.165, 1.54) is 6.42 Å². The maximum atomic E-state index is 9.69. The SMILES string of the molecule is CCCCC(O)CN(CC)C(C)C. The van der Waals surface area contributed by atoms with Crippen LogP contribution in [0, 0.1) is 0 Å². The van der Waals surface area contributed by atoms with E-state index in [2.05, 4.69) is 32.6 Å². The number of likely N-dealkylation sites (N-methyl/N-ethyl adjacent to an activating group) is 1. The second-order valence-corrected chi connectivity index (χ2v) is 3.98. The normalized spacial score (nSPS) is 14.1. The summed E-state index contributed by atoms with van der Waals surface area (Å²) in [6, 6.07) is 0.543. The van der Waals surface area contributed by atoms with Gasteiger partial charge in [-0.3, -0.25) is 4.90 Å². The Bertz CT molecular complexity index is 115. The average Bonchev–Trinajstić information content (AvgIpc) is 2.10. The summed E-state index contributed by atoms with van der Waals surface area (Å²) in [4.78, 5) is 2.31. The monoisotopic (exact) mass is 187 g/mol. The maximum Gasteiger partial charge on any atom is 0.0667 e. The molecule has 0 fully saturated rings. The Morgan fingerprint density at radius 1 is 1.23 bits per heavy atom. The summed E-state index contributed by atoms with van der Waals surface area (Å²) in [5.74, 6) is 0. The van der Waals surface area contributed by atoms with Gasteiger partial charge in [0.15, 0.2) is 0 Å². The standard InChI is InChI=1S/C11H25NO/c1-5-7-8-11(13)9-12(6-2)10(3)4/h10-11,13H,5-9H2,1-4H3. The van der Waals surface area contributed by atoms with Gasteiger partial charge >= 0.3 is 0 Å². The topological polar surface area (TPSA) is 23.5 Å². The third-order valence-electron chi connectivity index (χ3n) is 2.47. The molecule has 0 heterocycles. The maximum absolute atomic E-state index is 9.69. The minimum Gasteiger partial charge on any atom is -0.392 e. The lowest BCUT2D eigenvalue weighted by atomic mass is 10.1. The van der Waals surface area contributed by atoms with Crippen molar-refractivity contribution >= 4 is 0 Å². The van der Waals surface area contributed by atoms with Crippen LogP contribution in [0.3, 0.4) is 0 Å². The number of unbranched alkanes of at least 4 members (excludes halogenated alkanes) is 1. The highest BCUT2D eigenvalue weighted by Crippen LogP contribution is 2.05. The van der Waals surface area contributed by atoms with Crippen molar-refractivity contribution in [2.75, 3.05) is 13.1 Å². The number of aliphatic hydroxyl groups excluding tert-OH is 1. The van der Waals surface area contributed by atoms with E-state index in [0.29, 0.717) is 6.04 Å². The van der Waals surface area contributed by atoms with Crippen molar-refractivity contribution in [3.8, 4) is 0 Å². The number of aliphatic hydroxyl groups is 1. The molecule has 0 spiro atoms. The van der Waals surface area contributed by atoms with Crippen LogP contribution in [0.4, 0.5) is 0 Å². The summed E-state index contributed by atoms with van der Waals surface area (Å²) in [6.45, 7) is 10.5. The predicted octanol–water partition coefficient (Wildman–Crippen LogP) is 2.27. The molecule has 1 N–H and O–H groups in total. The molecule has 1 unspecified atom stereocenters. The minimum absolute atomic E-state index is 0.137. The third-order valence-corrected chi connectivity index (χ3v) is 2.47. The molecule has 0 aliphatic rings. The Morgan fingerprint density at radius 2 is 1.85 bits per heavy atom. The quantitative estimate of drug-likeness (QED) is 0.661. The molecule has 0 amide bonds. The van der Waals surface area contributed by atoms with E-state index in [4.69, 9.17) is 0 Å². The molecule has 0 aromatic heterocycles. The fourth-order valence-electron chi connectivity index (χ4n) is 1.51. The van der Waals surface area contributed by atoms with Crippen LogP contribution in [0.5, 0.6) is 0 Å². The van der Waals surface area contributed by atoms with Crippen molar-refractivity contribution in [2.24, 2.45) is 0 Å². The van der Waals surface area contributed by atoms with Crippen LogP contribution < -0.4 is 0 Å². The van der Waals surface area contributed by atoms with Crippen LogP contribution in [0.2, 0.25) is 0 Å². The zero-order valence-corrected chi connectivity index (χ0v) is 9.58. The van der Waals surface area contributed by atoms with E-state index >= 15 is 0 Å². The molecule has 0 saturated heterocycles. The van der Waals surface area contributed by atoms with Gasteiger partial charge in [-0.1, -0.05) is 26.7 Å². The Hall–Kier alpha value is -0.0800. The van der Waals surface area contributed by atoms with Gasteiger partial charge in [0, 0.05) is 12.6 Å². The van der Waals surface area contributed by atoms with Crippen molar-refractivity contribution in [2.45, 2.75) is 59.1 Å². The molecular formula is C11H25NO. The smallest absolute Gasteiger partial charge is 0.0667 e. The first-order valence-electron chi connectivity index (χ1n) is 5.53. The predicted molar refractivity (Wildman–Crippen MR) is 57.9 cm³/mol. The van der Waals surface area contributed by atoms with Crippen LogP contribution in [-0.4, -0.2) is 35.2 Å². The molecule has 0 saturated carbocycles. The molecule has 2 heteroatoms. The summed E-state index contributed by atoms with van der Waals surface area (Å²) in [7, 11) is 0. The van der Waals surface area contributed by atoms with E-state index in [1.54, 1.807) is 0 Å². The molecule has 1 atom stereocenters. The molecule has 80 valence electrons. The second kappa shape index (κ2) is 7.34. The Kier molecular flexibility index (Phi) is 7.29. The van der Waals surface area contributed by atoms with Crippen LogP contribution in [0.25, 0.3) is 0 Å². The van der Waals surface area contributed by atoms with Gasteiger partial charge in [0.1, 0.15) is 0 Å². The number of hydrogen-bond acceptors (Lipinski definition) is 2. The number of nitrogens with zero attached hydrogens (tertiary/aromatic N) is 1. The second-order valence-electron chi connectivity index (χ2n) is 3.98. The highest BCUT2D eigenvalue weighted by molar-refractivity contribution is 4.66. The summed E-state index contributed by atoms with van der Waals surface area (Å²) < 4.78 is 0. The van der Waals surface area contributed by atoms with E-state index < -0.39 is 0 Å². The van der Waals surface area contributed by atoms with Gasteiger partial charge in [0.05, 0.1) is 6.10 Å². The summed E-state index contributed by atoms with van der Waals surface area (Å²) in [5.41, 5.74) is 0. The van der Waals surface area contributed by atoms with Gasteiger partial charge in [-0.15, -0.1) is 0 Å². The van der Waals surface area contributed by atoms with Crippen molar-refractivity contribution in [1.29, 1.82) is 0 Å². The van der Waals surface area contributed by atoms with Gasteiger partial charge in [-0.05, 0) is 26.8 Å². The lowest BCUT2D eigenvalue weighted by Crippen LogP contribution is -2.37. The number of hydrogen-bond donors (Lipinski definition) is 1. The Morgan fingerprint density at radius 3 is 2.23 bits per heavy atom. The fraction of sp³-hybridized carbons (Fsp3) is 1.00. The van der Waals surface area contributed by atoms with Crippen molar-refractivity contribution in [1.82, 2.24) is 4.90 Å². The highest BCUT2D eigenvalue weighted by Gasteiger charge is 2.11. The molecule has 0 rings (SSSR count). The van der Waals surface area contributed by atoms with Crippen LogP contribution in [0.15, 0.2) is 0 Å². The fourth-order valence-corrected chi connectivity index (χ4v) is 1.51. The lowest BCUT2D eigenvalue weighted by Gasteiger charge is -2.27. The third kappa shape index (κ3) is 6.05. The van der Waals surface area contributed by atoms with E-state index in [1.807, 2.05) is 0 Å². The van der Waals surface area contributed by atoms with Crippen molar-refractivity contribution in [3.05, 3.63) is 0 Å². The molecule has 0 aromatic carbocycles. The van der Waals surface area contributed by atoms with Crippen LogP contribution >= 0.6 is 0 Å². The van der Waals surface area contributed by atoms with Gasteiger partial charge in [0.2, 0.25) is 0 Å². The Balaban J connectivity index is 3.66. The molecular weight excluding hydrogens is 162 g/mol. The molecule has 0 radical (unpaired) electrons. The zero-order chi connectivity index (χ0) is 10.3. The van der Waals surface area contributed by atoms with Crippen LogP contribution in [-0.2, 0) is 0 Å². The van der Waals surface area contributed by atoms with Crippen LogP contribution in [0.1, 0.15) is 47.0 Å². The first-order valence-corrected chi connectivity index (χ1v) is 5.53. The Labute approximate surface area is 82.9 Å². The molecule has 2 nitrogen and oxygen atoms in total. The molecule has 0 bridgehead atoms. The van der Waals surface area contributed by atoms with E-state index in [9.17, 15) is 5.11 Å². The van der Waals surface area contributed by atoms with E-state index in [-0.39, 0.29) is 6.10 Å². The van der Waals surface area contributed by atoms with Gasteiger partial charge in [-0.25, -0.2) is 0 Å². The van der Waals surface area contributed by atoms with Crippen molar-refractivity contribution < 1.29 is 5.11 Å². The highest BCUT2D eigenvalue weighted by atomic mass is 16.3. The van der Waals surface area contributed by atoms with Gasteiger partial charge in [0.25, 0.3) is 0 Å². The number of rotatable bonds is 7. The molecule has 13 heavy (non-hydrogen) atoms. The molecule has 0 aliphatic carbocycles.